The van der Waals surface area contributed by atoms with E-state index in [0.29, 0.717) is 19.0 Å². The molecular formula is C14H19FN2O. The predicted octanol–water partition coefficient (Wildman–Crippen LogP) is 1.93. The zero-order valence-electron chi connectivity index (χ0n) is 10.4. The van der Waals surface area contributed by atoms with E-state index >= 15 is 0 Å². The van der Waals surface area contributed by atoms with Gasteiger partial charge in [0.2, 0.25) is 5.91 Å². The smallest absolute Gasteiger partial charge is 0.227 e. The van der Waals surface area contributed by atoms with Crippen LogP contribution in [0.5, 0.6) is 0 Å². The van der Waals surface area contributed by atoms with Crippen LogP contribution in [-0.4, -0.2) is 18.5 Å². The molecule has 0 aliphatic heterocycles. The molecule has 1 aromatic rings. The van der Waals surface area contributed by atoms with E-state index in [-0.39, 0.29) is 17.6 Å². The Morgan fingerprint density at radius 2 is 2.06 bits per heavy atom. The van der Waals surface area contributed by atoms with Gasteiger partial charge in [0.15, 0.2) is 0 Å². The summed E-state index contributed by atoms with van der Waals surface area (Å²) in [6.07, 6.45) is 3.64. The van der Waals surface area contributed by atoms with Gasteiger partial charge >= 0.3 is 0 Å². The summed E-state index contributed by atoms with van der Waals surface area (Å²) in [6, 6.07) is 6.51. The van der Waals surface area contributed by atoms with Gasteiger partial charge in [0.25, 0.3) is 0 Å². The summed E-state index contributed by atoms with van der Waals surface area (Å²) in [6.45, 7) is 0.564. The fourth-order valence-electron chi connectivity index (χ4n) is 2.00. The molecule has 3 nitrogen and oxygen atoms in total. The fraction of sp³-hybridized carbons (Fsp3) is 0.500. The van der Waals surface area contributed by atoms with Crippen LogP contribution in [0, 0.1) is 5.82 Å². The third kappa shape index (κ3) is 3.53. The number of rotatable bonds is 6. The molecule has 98 valence electrons. The number of hydrogen-bond donors (Lipinski definition) is 2. The monoisotopic (exact) mass is 250 g/mol. The van der Waals surface area contributed by atoms with Crippen molar-refractivity contribution < 1.29 is 9.18 Å². The number of carbonyl (C=O) groups excluding carboxylic acids is 1. The van der Waals surface area contributed by atoms with Crippen LogP contribution in [0.3, 0.4) is 0 Å². The molecule has 2 rings (SSSR count). The first-order valence-electron chi connectivity index (χ1n) is 6.46. The minimum Gasteiger partial charge on any atom is -0.353 e. The first kappa shape index (κ1) is 13.0. The van der Waals surface area contributed by atoms with Crippen molar-refractivity contribution >= 4 is 5.91 Å². The third-order valence-electron chi connectivity index (χ3n) is 3.21. The quantitative estimate of drug-likeness (QED) is 0.810. The molecule has 1 aromatic carbocycles. The van der Waals surface area contributed by atoms with Gasteiger partial charge < -0.3 is 11.1 Å². The van der Waals surface area contributed by atoms with E-state index in [1.807, 2.05) is 0 Å². The Labute approximate surface area is 107 Å². The first-order chi connectivity index (χ1) is 8.70. The number of hydrogen-bond acceptors (Lipinski definition) is 2. The minimum atomic E-state index is -0.279. The van der Waals surface area contributed by atoms with Crippen LogP contribution in [0.15, 0.2) is 24.3 Å². The van der Waals surface area contributed by atoms with E-state index in [1.54, 1.807) is 12.1 Å². The Morgan fingerprint density at radius 1 is 1.39 bits per heavy atom. The molecule has 18 heavy (non-hydrogen) atoms. The van der Waals surface area contributed by atoms with Gasteiger partial charge in [0.1, 0.15) is 5.82 Å². The zero-order valence-corrected chi connectivity index (χ0v) is 10.4. The van der Waals surface area contributed by atoms with Gasteiger partial charge in [0, 0.05) is 6.04 Å². The Balaban J connectivity index is 2.07. The number of halogens is 1. The maximum atomic E-state index is 12.9. The van der Waals surface area contributed by atoms with Gasteiger partial charge in [0.05, 0.1) is 5.92 Å². The highest BCUT2D eigenvalue weighted by Crippen LogP contribution is 2.25. The zero-order chi connectivity index (χ0) is 13.0. The standard InChI is InChI=1S/C14H19FN2O/c15-11-5-3-10(4-6-11)13(2-1-9-16)14(18)17-12-7-8-12/h3-6,12-13H,1-2,7-9,16H2,(H,17,18). The van der Waals surface area contributed by atoms with Gasteiger partial charge in [-0.15, -0.1) is 0 Å². The Morgan fingerprint density at radius 3 is 2.61 bits per heavy atom. The Hall–Kier alpha value is -1.42. The molecule has 0 spiro atoms. The first-order valence-corrected chi connectivity index (χ1v) is 6.46. The highest BCUT2D eigenvalue weighted by Gasteiger charge is 2.27. The number of nitrogens with two attached hydrogens (primary N) is 1. The van der Waals surface area contributed by atoms with Crippen LogP contribution in [0.1, 0.15) is 37.2 Å². The summed E-state index contributed by atoms with van der Waals surface area (Å²) in [5.41, 5.74) is 6.36. The summed E-state index contributed by atoms with van der Waals surface area (Å²) in [5, 5.41) is 3.00. The van der Waals surface area contributed by atoms with Crippen LogP contribution >= 0.6 is 0 Å². The van der Waals surface area contributed by atoms with Crippen molar-refractivity contribution in [1.82, 2.24) is 5.32 Å². The summed E-state index contributed by atoms with van der Waals surface area (Å²) < 4.78 is 12.9. The summed E-state index contributed by atoms with van der Waals surface area (Å²) in [4.78, 5) is 12.1. The highest BCUT2D eigenvalue weighted by atomic mass is 19.1. The van der Waals surface area contributed by atoms with E-state index in [2.05, 4.69) is 5.32 Å². The molecule has 0 radical (unpaired) electrons. The summed E-state index contributed by atoms with van der Waals surface area (Å²) in [5.74, 6) is -0.453. The largest absolute Gasteiger partial charge is 0.353 e. The number of benzene rings is 1. The third-order valence-corrected chi connectivity index (χ3v) is 3.21. The number of amides is 1. The van der Waals surface area contributed by atoms with Crippen molar-refractivity contribution in [3.05, 3.63) is 35.6 Å². The predicted molar refractivity (Wildman–Crippen MR) is 68.6 cm³/mol. The van der Waals surface area contributed by atoms with Crippen LogP contribution in [-0.2, 0) is 4.79 Å². The SMILES string of the molecule is NCCCC(C(=O)NC1CC1)c1ccc(F)cc1. The van der Waals surface area contributed by atoms with Crippen molar-refractivity contribution in [3.63, 3.8) is 0 Å². The average Bonchev–Trinajstić information content (AvgIpc) is 3.16. The molecule has 3 N–H and O–H groups in total. The summed E-state index contributed by atoms with van der Waals surface area (Å²) >= 11 is 0. The maximum absolute atomic E-state index is 12.9. The second-order valence-corrected chi connectivity index (χ2v) is 4.82. The Kier molecular flexibility index (Phi) is 4.31. The van der Waals surface area contributed by atoms with Crippen molar-refractivity contribution in [1.29, 1.82) is 0 Å². The topological polar surface area (TPSA) is 55.1 Å². The lowest BCUT2D eigenvalue weighted by molar-refractivity contribution is -0.122. The molecule has 1 aliphatic rings. The molecule has 1 fully saturated rings. The second-order valence-electron chi connectivity index (χ2n) is 4.82. The fourth-order valence-corrected chi connectivity index (χ4v) is 2.00. The number of carbonyl (C=O) groups is 1. The van der Waals surface area contributed by atoms with Gasteiger partial charge in [-0.3, -0.25) is 4.79 Å². The van der Waals surface area contributed by atoms with E-state index in [4.69, 9.17) is 5.73 Å². The van der Waals surface area contributed by atoms with E-state index < -0.39 is 0 Å². The highest BCUT2D eigenvalue weighted by molar-refractivity contribution is 5.84. The molecule has 1 aliphatic carbocycles. The molecule has 1 unspecified atom stereocenters. The molecule has 0 heterocycles. The van der Waals surface area contributed by atoms with Crippen molar-refractivity contribution in [2.45, 2.75) is 37.6 Å². The van der Waals surface area contributed by atoms with E-state index in [1.165, 1.54) is 12.1 Å². The van der Waals surface area contributed by atoms with Crippen molar-refractivity contribution in [2.75, 3.05) is 6.54 Å². The maximum Gasteiger partial charge on any atom is 0.227 e. The van der Waals surface area contributed by atoms with Crippen molar-refractivity contribution in [3.8, 4) is 0 Å². The van der Waals surface area contributed by atoms with Crippen molar-refractivity contribution in [2.24, 2.45) is 5.73 Å². The molecular weight excluding hydrogens is 231 g/mol. The van der Waals surface area contributed by atoms with Crippen LogP contribution in [0.2, 0.25) is 0 Å². The molecule has 1 amide bonds. The van der Waals surface area contributed by atoms with E-state index in [0.717, 1.165) is 24.8 Å². The van der Waals surface area contributed by atoms with Gasteiger partial charge in [-0.1, -0.05) is 12.1 Å². The van der Waals surface area contributed by atoms with Gasteiger partial charge in [-0.05, 0) is 49.9 Å². The van der Waals surface area contributed by atoms with Crippen LogP contribution < -0.4 is 11.1 Å². The lowest BCUT2D eigenvalue weighted by Crippen LogP contribution is -2.31. The van der Waals surface area contributed by atoms with Crippen LogP contribution in [0.25, 0.3) is 0 Å². The Bertz CT molecular complexity index is 401. The van der Waals surface area contributed by atoms with Gasteiger partial charge in [-0.25, -0.2) is 4.39 Å². The van der Waals surface area contributed by atoms with Gasteiger partial charge in [-0.2, -0.15) is 0 Å². The van der Waals surface area contributed by atoms with E-state index in [9.17, 15) is 9.18 Å². The second kappa shape index (κ2) is 5.96. The molecule has 1 atom stereocenters. The normalized spacial score (nSPS) is 16.3. The molecule has 1 saturated carbocycles. The number of nitrogens with one attached hydrogen (secondary N) is 1. The summed E-state index contributed by atoms with van der Waals surface area (Å²) in [7, 11) is 0. The molecule has 0 saturated heterocycles. The lowest BCUT2D eigenvalue weighted by atomic mass is 9.93. The minimum absolute atomic E-state index is 0.0394. The average molecular weight is 250 g/mol. The molecule has 0 aromatic heterocycles. The van der Waals surface area contributed by atoms with Crippen LogP contribution in [0.4, 0.5) is 4.39 Å². The molecule has 4 heteroatoms. The molecule has 0 bridgehead atoms. The lowest BCUT2D eigenvalue weighted by Gasteiger charge is -2.16.